The van der Waals surface area contributed by atoms with E-state index in [2.05, 4.69) is 25.3 Å². The van der Waals surface area contributed by atoms with E-state index < -0.39 is 0 Å². The number of hydrogen-bond acceptors (Lipinski definition) is 11. The molecule has 0 radical (unpaired) electrons. The summed E-state index contributed by atoms with van der Waals surface area (Å²) in [6, 6.07) is 1.79. The number of aliphatic hydroxyl groups excluding tert-OH is 1. The largest absolute Gasteiger partial charge is 0.394 e. The molecule has 12 heteroatoms. The van der Waals surface area contributed by atoms with Gasteiger partial charge in [-0.1, -0.05) is 11.6 Å². The number of nitrogens with two attached hydrogens (primary N) is 3. The molecule has 0 spiro atoms. The quantitative estimate of drug-likeness (QED) is 0.148. The Bertz CT molecular complexity index is 1520. The van der Waals surface area contributed by atoms with E-state index in [0.29, 0.717) is 29.3 Å². The lowest BCUT2D eigenvalue weighted by atomic mass is 9.92. The molecule has 0 saturated heterocycles. The number of thiophene rings is 2. The van der Waals surface area contributed by atoms with Gasteiger partial charge in [-0.3, -0.25) is 0 Å². The van der Waals surface area contributed by atoms with Crippen LogP contribution in [0.4, 0.5) is 5.82 Å². The molecule has 4 heterocycles. The fourth-order valence-corrected chi connectivity index (χ4v) is 9.29. The first-order valence-electron chi connectivity index (χ1n) is 16.6. The number of aliphatic hydroxyl groups is 1. The molecular formula is C33H51ClN8OS2. The lowest BCUT2D eigenvalue weighted by Crippen LogP contribution is -2.33. The second-order valence-electron chi connectivity index (χ2n) is 13.0. The van der Waals surface area contributed by atoms with Crippen molar-refractivity contribution in [2.45, 2.75) is 134 Å². The highest BCUT2D eigenvalue weighted by atomic mass is 35.5. The van der Waals surface area contributed by atoms with E-state index in [0.717, 1.165) is 78.7 Å². The minimum absolute atomic E-state index is 0. The van der Waals surface area contributed by atoms with Crippen molar-refractivity contribution in [3.63, 3.8) is 0 Å². The minimum Gasteiger partial charge on any atom is -0.394 e. The second kappa shape index (κ2) is 16.2. The summed E-state index contributed by atoms with van der Waals surface area (Å²) in [5.74, 6) is 1.05. The highest BCUT2D eigenvalue weighted by molar-refractivity contribution is 7.19. The first kappa shape index (κ1) is 34.3. The van der Waals surface area contributed by atoms with Crippen LogP contribution in [-0.4, -0.2) is 55.3 Å². The number of aromatic nitrogens is 4. The van der Waals surface area contributed by atoms with Crippen LogP contribution in [0.25, 0.3) is 20.4 Å². The maximum atomic E-state index is 8.06. The molecule has 9 nitrogen and oxygen atoms in total. The van der Waals surface area contributed by atoms with Crippen LogP contribution in [-0.2, 0) is 25.7 Å². The van der Waals surface area contributed by atoms with Gasteiger partial charge in [0.1, 0.15) is 33.3 Å². The van der Waals surface area contributed by atoms with Crippen molar-refractivity contribution < 1.29 is 6.53 Å². The molecule has 4 aliphatic rings. The van der Waals surface area contributed by atoms with E-state index in [4.69, 9.17) is 33.9 Å². The Morgan fingerprint density at radius 1 is 0.733 bits per heavy atom. The van der Waals surface area contributed by atoms with E-state index in [1.54, 1.807) is 31.5 Å². The number of aryl methyl sites for hydroxylation is 4. The minimum atomic E-state index is -0.167. The first-order valence-corrected chi connectivity index (χ1v) is 18.6. The van der Waals surface area contributed by atoms with Crippen molar-refractivity contribution in [1.82, 2.24) is 19.9 Å². The summed E-state index contributed by atoms with van der Waals surface area (Å²) in [6.45, 7) is 3.44. The topological polar surface area (TPSA) is 162 Å². The van der Waals surface area contributed by atoms with Crippen LogP contribution in [0.3, 0.4) is 0 Å². The van der Waals surface area contributed by atoms with Crippen LogP contribution in [0.5, 0.6) is 0 Å². The summed E-state index contributed by atoms with van der Waals surface area (Å²) in [6.07, 6.45) is 19.4. The zero-order valence-electron chi connectivity index (χ0n) is 26.6. The van der Waals surface area contributed by atoms with Gasteiger partial charge in [-0.2, -0.15) is 0 Å². The van der Waals surface area contributed by atoms with Gasteiger partial charge in [-0.25, -0.2) is 19.9 Å². The first-order chi connectivity index (χ1) is 21.7. The third kappa shape index (κ3) is 9.09. The maximum absolute atomic E-state index is 8.06. The maximum Gasteiger partial charge on any atom is 0.141 e. The zero-order chi connectivity index (χ0) is 31.9. The standard InChI is InChI=1S/C15H20N4S.C9H7ClN2S.C6H14N2.C3H8O.H2/c16-9-4-6-10(7-5-9)19-14-13-11-2-1-3-12(11)20-15(13)18-8-17-14;10-8-7-5-2-1-3-6(5)13-9(7)12-4-11-8;7-5-1-2-6(8)4-3-5;1-3(2)4;/h8-10H,1-7,16H2,(H,17,18,19);4H,1-3H2;5-6H,1-4,7-8H2;3-4H,1-2H3;1H/i;;;;1+1. The molecule has 0 amide bonds. The molecule has 0 bridgehead atoms. The van der Waals surface area contributed by atoms with Gasteiger partial charge in [-0.15, -0.1) is 22.7 Å². The summed E-state index contributed by atoms with van der Waals surface area (Å²) in [5.41, 5.74) is 20.2. The molecule has 2 saturated carbocycles. The van der Waals surface area contributed by atoms with Crippen molar-refractivity contribution in [3.05, 3.63) is 38.7 Å². The fraction of sp³-hybridized carbons (Fsp3) is 0.636. The Labute approximate surface area is 281 Å². The van der Waals surface area contributed by atoms with E-state index in [-0.39, 0.29) is 7.53 Å². The normalized spacial score (nSPS) is 23.7. The lowest BCUT2D eigenvalue weighted by molar-refractivity contribution is 0.216. The molecule has 8 N–H and O–H groups in total. The van der Waals surface area contributed by atoms with Crippen LogP contribution in [0.1, 0.15) is 100 Å². The van der Waals surface area contributed by atoms with Crippen molar-refractivity contribution in [3.8, 4) is 0 Å². The molecule has 2 fully saturated rings. The number of nitrogens with one attached hydrogen (secondary N) is 1. The summed E-state index contributed by atoms with van der Waals surface area (Å²) >= 11 is 9.65. The summed E-state index contributed by atoms with van der Waals surface area (Å²) in [5, 5.41) is 14.7. The van der Waals surface area contributed by atoms with Crippen LogP contribution in [0.2, 0.25) is 5.15 Å². The van der Waals surface area contributed by atoms with Gasteiger partial charge in [0, 0.05) is 41.5 Å². The van der Waals surface area contributed by atoms with E-state index >= 15 is 0 Å². The van der Waals surface area contributed by atoms with E-state index in [9.17, 15) is 0 Å². The Kier molecular flexibility index (Phi) is 12.4. The number of halogens is 1. The third-order valence-electron chi connectivity index (χ3n) is 8.89. The SMILES string of the molecule is CC(C)O.Clc1ncnc2sc3c(c12)CCC3.NC1CCC(N)CC1.NC1CCC(Nc2ncnc3sc4c(c23)CCC4)CC1.[2HH]. The fourth-order valence-electron chi connectivity index (χ4n) is 6.53. The Morgan fingerprint density at radius 2 is 1.18 bits per heavy atom. The number of fused-ring (bicyclic) bond motifs is 6. The molecule has 4 aromatic heterocycles. The monoisotopic (exact) mass is 675 g/mol. The molecular weight excluding hydrogens is 624 g/mol. The van der Waals surface area contributed by atoms with Crippen LogP contribution >= 0.6 is 34.3 Å². The van der Waals surface area contributed by atoms with E-state index in [1.807, 2.05) is 11.3 Å². The summed E-state index contributed by atoms with van der Waals surface area (Å²) in [7, 11) is 0. The Balaban J connectivity index is 0.000000159. The zero-order valence-corrected chi connectivity index (χ0v) is 29.0. The number of anilines is 1. The highest BCUT2D eigenvalue weighted by Crippen LogP contribution is 2.40. The van der Waals surface area contributed by atoms with Gasteiger partial charge in [-0.05, 0) is 115 Å². The molecule has 4 aliphatic carbocycles. The van der Waals surface area contributed by atoms with Gasteiger partial charge < -0.3 is 27.6 Å². The van der Waals surface area contributed by atoms with Gasteiger partial charge in [0.25, 0.3) is 0 Å². The van der Waals surface area contributed by atoms with Crippen LogP contribution < -0.4 is 22.5 Å². The van der Waals surface area contributed by atoms with Crippen molar-refractivity contribution in [2.24, 2.45) is 17.2 Å². The molecule has 45 heavy (non-hydrogen) atoms. The van der Waals surface area contributed by atoms with Crippen LogP contribution in [0.15, 0.2) is 12.7 Å². The predicted octanol–water partition coefficient (Wildman–Crippen LogP) is 6.54. The Hall–Kier alpha value is -1.99. The highest BCUT2D eigenvalue weighted by Gasteiger charge is 2.24. The van der Waals surface area contributed by atoms with Crippen molar-refractivity contribution >= 4 is 60.5 Å². The number of nitrogens with zero attached hydrogens (tertiary/aromatic N) is 4. The summed E-state index contributed by atoms with van der Waals surface area (Å²) < 4.78 is 0. The molecule has 8 rings (SSSR count). The van der Waals surface area contributed by atoms with E-state index in [1.165, 1.54) is 64.7 Å². The third-order valence-corrected chi connectivity index (χ3v) is 11.6. The summed E-state index contributed by atoms with van der Waals surface area (Å²) in [4.78, 5) is 22.4. The van der Waals surface area contributed by atoms with Gasteiger partial charge >= 0.3 is 0 Å². The number of rotatable bonds is 2. The van der Waals surface area contributed by atoms with Crippen LogP contribution in [0, 0.1) is 0 Å². The second-order valence-corrected chi connectivity index (χ2v) is 15.5. The van der Waals surface area contributed by atoms with Crippen molar-refractivity contribution in [1.29, 1.82) is 0 Å². The molecule has 0 aromatic carbocycles. The molecule has 0 unspecified atom stereocenters. The molecule has 4 aromatic rings. The number of hydrogen-bond donors (Lipinski definition) is 5. The molecule has 0 atom stereocenters. The Morgan fingerprint density at radius 3 is 1.71 bits per heavy atom. The average molecular weight is 676 g/mol. The van der Waals surface area contributed by atoms with Gasteiger partial charge in [0.05, 0.1) is 10.8 Å². The van der Waals surface area contributed by atoms with Crippen molar-refractivity contribution in [2.75, 3.05) is 5.32 Å². The smallest absolute Gasteiger partial charge is 0.141 e. The van der Waals surface area contributed by atoms with Gasteiger partial charge in [0.15, 0.2) is 0 Å². The lowest BCUT2D eigenvalue weighted by Gasteiger charge is -2.27. The van der Waals surface area contributed by atoms with Gasteiger partial charge in [0.2, 0.25) is 0 Å². The predicted molar refractivity (Wildman–Crippen MR) is 192 cm³/mol. The molecule has 0 aliphatic heterocycles. The molecule has 248 valence electrons. The average Bonchev–Trinajstić information content (AvgIpc) is 3.78.